The number of rotatable bonds is 5. The SMILES string of the molecule is CCC(C)n1nccc1NC(=O)c1cnn(-c2ccccc2)c1C. The first-order valence-electron chi connectivity index (χ1n) is 8.06. The fourth-order valence-electron chi connectivity index (χ4n) is 2.58. The number of nitrogens with zero attached hydrogens (tertiary/aromatic N) is 4. The van der Waals surface area contributed by atoms with Gasteiger partial charge in [0.05, 0.1) is 35.4 Å². The van der Waals surface area contributed by atoms with Crippen LogP contribution in [0.4, 0.5) is 5.82 Å². The third-order valence-electron chi connectivity index (χ3n) is 4.18. The van der Waals surface area contributed by atoms with Crippen molar-refractivity contribution in [1.82, 2.24) is 19.6 Å². The summed E-state index contributed by atoms with van der Waals surface area (Å²) in [7, 11) is 0. The summed E-state index contributed by atoms with van der Waals surface area (Å²) in [6.45, 7) is 6.05. The van der Waals surface area contributed by atoms with Crippen LogP contribution in [0.2, 0.25) is 0 Å². The molecule has 1 atom stereocenters. The van der Waals surface area contributed by atoms with Crippen molar-refractivity contribution in [3.8, 4) is 5.69 Å². The first-order valence-corrected chi connectivity index (χ1v) is 8.06. The van der Waals surface area contributed by atoms with Crippen molar-refractivity contribution in [2.45, 2.75) is 33.2 Å². The smallest absolute Gasteiger partial charge is 0.260 e. The molecule has 3 rings (SSSR count). The molecule has 2 aromatic heterocycles. The van der Waals surface area contributed by atoms with E-state index in [-0.39, 0.29) is 11.9 Å². The van der Waals surface area contributed by atoms with Gasteiger partial charge in [0.2, 0.25) is 0 Å². The molecule has 0 aliphatic heterocycles. The highest BCUT2D eigenvalue weighted by Gasteiger charge is 2.17. The Morgan fingerprint density at radius 1 is 1.21 bits per heavy atom. The molecule has 1 amide bonds. The maximum atomic E-state index is 12.6. The van der Waals surface area contributed by atoms with E-state index < -0.39 is 0 Å². The van der Waals surface area contributed by atoms with Gasteiger partial charge in [-0.3, -0.25) is 4.79 Å². The summed E-state index contributed by atoms with van der Waals surface area (Å²) < 4.78 is 3.59. The topological polar surface area (TPSA) is 64.7 Å². The van der Waals surface area contributed by atoms with Crippen molar-refractivity contribution >= 4 is 11.7 Å². The Hall–Kier alpha value is -2.89. The molecule has 24 heavy (non-hydrogen) atoms. The summed E-state index contributed by atoms with van der Waals surface area (Å²) in [5, 5.41) is 11.6. The van der Waals surface area contributed by atoms with Gasteiger partial charge < -0.3 is 5.32 Å². The molecule has 0 saturated heterocycles. The summed E-state index contributed by atoms with van der Waals surface area (Å²) in [4.78, 5) is 12.6. The highest BCUT2D eigenvalue weighted by molar-refractivity contribution is 6.04. The molecule has 1 N–H and O–H groups in total. The number of hydrogen-bond donors (Lipinski definition) is 1. The monoisotopic (exact) mass is 323 g/mol. The van der Waals surface area contributed by atoms with Crippen LogP contribution in [0.15, 0.2) is 48.8 Å². The van der Waals surface area contributed by atoms with Crippen LogP contribution < -0.4 is 5.32 Å². The molecule has 0 saturated carbocycles. The fourth-order valence-corrected chi connectivity index (χ4v) is 2.58. The molecular weight excluding hydrogens is 302 g/mol. The lowest BCUT2D eigenvalue weighted by molar-refractivity contribution is 0.102. The van der Waals surface area contributed by atoms with E-state index in [2.05, 4.69) is 29.4 Å². The van der Waals surface area contributed by atoms with Gasteiger partial charge in [0, 0.05) is 6.07 Å². The number of anilines is 1. The average molecular weight is 323 g/mol. The van der Waals surface area contributed by atoms with Crippen molar-refractivity contribution in [2.75, 3.05) is 5.32 Å². The lowest BCUT2D eigenvalue weighted by Crippen LogP contribution is -2.18. The van der Waals surface area contributed by atoms with E-state index in [0.717, 1.165) is 17.8 Å². The second-order valence-corrected chi connectivity index (χ2v) is 5.76. The first kappa shape index (κ1) is 16.0. The summed E-state index contributed by atoms with van der Waals surface area (Å²) in [5.74, 6) is 0.515. The summed E-state index contributed by atoms with van der Waals surface area (Å²) >= 11 is 0. The van der Waals surface area contributed by atoms with Crippen LogP contribution in [0.3, 0.4) is 0 Å². The zero-order valence-electron chi connectivity index (χ0n) is 14.1. The van der Waals surface area contributed by atoms with E-state index in [1.54, 1.807) is 23.1 Å². The van der Waals surface area contributed by atoms with E-state index in [1.165, 1.54) is 0 Å². The molecule has 1 unspecified atom stereocenters. The number of hydrogen-bond acceptors (Lipinski definition) is 3. The molecular formula is C18H21N5O. The van der Waals surface area contributed by atoms with E-state index in [0.29, 0.717) is 11.4 Å². The molecule has 0 spiro atoms. The average Bonchev–Trinajstić information content (AvgIpc) is 3.21. The van der Waals surface area contributed by atoms with Gasteiger partial charge in [-0.25, -0.2) is 9.36 Å². The fraction of sp³-hybridized carbons (Fsp3) is 0.278. The minimum absolute atomic E-state index is 0.181. The quantitative estimate of drug-likeness (QED) is 0.780. The molecule has 6 heteroatoms. The molecule has 2 heterocycles. The van der Waals surface area contributed by atoms with Crippen molar-refractivity contribution < 1.29 is 4.79 Å². The minimum Gasteiger partial charge on any atom is -0.307 e. The van der Waals surface area contributed by atoms with E-state index in [9.17, 15) is 4.79 Å². The van der Waals surface area contributed by atoms with Crippen molar-refractivity contribution in [3.63, 3.8) is 0 Å². The van der Waals surface area contributed by atoms with Crippen LogP contribution >= 0.6 is 0 Å². The Bertz CT molecular complexity index is 834. The third kappa shape index (κ3) is 2.95. The molecule has 1 aromatic carbocycles. The zero-order chi connectivity index (χ0) is 17.1. The van der Waals surface area contributed by atoms with Gasteiger partial charge in [-0.05, 0) is 32.4 Å². The highest BCUT2D eigenvalue weighted by atomic mass is 16.1. The molecule has 124 valence electrons. The van der Waals surface area contributed by atoms with Crippen molar-refractivity contribution in [1.29, 1.82) is 0 Å². The molecule has 0 radical (unpaired) electrons. The number of carbonyl (C=O) groups excluding carboxylic acids is 1. The van der Waals surface area contributed by atoms with Gasteiger partial charge in [-0.1, -0.05) is 25.1 Å². The second-order valence-electron chi connectivity index (χ2n) is 5.76. The Morgan fingerprint density at radius 2 is 1.96 bits per heavy atom. The van der Waals surface area contributed by atoms with Gasteiger partial charge >= 0.3 is 0 Å². The van der Waals surface area contributed by atoms with E-state index in [4.69, 9.17) is 0 Å². The normalized spacial score (nSPS) is 12.1. The number of aromatic nitrogens is 4. The van der Waals surface area contributed by atoms with Crippen LogP contribution in [0, 0.1) is 6.92 Å². The van der Waals surface area contributed by atoms with Gasteiger partial charge in [-0.2, -0.15) is 10.2 Å². The number of amides is 1. The summed E-state index contributed by atoms with van der Waals surface area (Å²) in [5.41, 5.74) is 2.28. The first-order chi connectivity index (χ1) is 11.6. The molecule has 0 bridgehead atoms. The van der Waals surface area contributed by atoms with Crippen molar-refractivity contribution in [3.05, 3.63) is 60.0 Å². The number of benzene rings is 1. The van der Waals surface area contributed by atoms with Crippen LogP contribution in [0.5, 0.6) is 0 Å². The van der Waals surface area contributed by atoms with Gasteiger partial charge in [0.15, 0.2) is 0 Å². The van der Waals surface area contributed by atoms with Gasteiger partial charge in [0.1, 0.15) is 5.82 Å². The summed E-state index contributed by atoms with van der Waals surface area (Å²) in [6, 6.07) is 11.8. The predicted octanol–water partition coefficient (Wildman–Crippen LogP) is 3.60. The maximum Gasteiger partial charge on any atom is 0.260 e. The van der Waals surface area contributed by atoms with E-state index >= 15 is 0 Å². The number of carbonyl (C=O) groups is 1. The Labute approximate surface area is 141 Å². The Kier molecular flexibility index (Phi) is 4.46. The van der Waals surface area contributed by atoms with Crippen LogP contribution in [-0.4, -0.2) is 25.5 Å². The highest BCUT2D eigenvalue weighted by Crippen LogP contribution is 2.19. The molecule has 0 aliphatic carbocycles. The second kappa shape index (κ2) is 6.70. The standard InChI is InChI=1S/C18H21N5O/c1-4-13(2)22-17(10-11-19-22)21-18(24)16-12-20-23(14(16)3)15-8-6-5-7-9-15/h5-13H,4H2,1-3H3,(H,21,24). The maximum absolute atomic E-state index is 12.6. The zero-order valence-corrected chi connectivity index (χ0v) is 14.1. The minimum atomic E-state index is -0.181. The summed E-state index contributed by atoms with van der Waals surface area (Å²) in [6.07, 6.45) is 4.24. The molecule has 6 nitrogen and oxygen atoms in total. The lowest BCUT2D eigenvalue weighted by Gasteiger charge is -2.14. The largest absolute Gasteiger partial charge is 0.307 e. The molecule has 0 aliphatic rings. The van der Waals surface area contributed by atoms with Gasteiger partial charge in [0.25, 0.3) is 5.91 Å². The van der Waals surface area contributed by atoms with Crippen LogP contribution in [0.1, 0.15) is 42.4 Å². The lowest BCUT2D eigenvalue weighted by atomic mass is 10.2. The van der Waals surface area contributed by atoms with Crippen LogP contribution in [0.25, 0.3) is 5.69 Å². The Morgan fingerprint density at radius 3 is 2.67 bits per heavy atom. The number of nitrogens with one attached hydrogen (secondary N) is 1. The Balaban J connectivity index is 1.85. The third-order valence-corrected chi connectivity index (χ3v) is 4.18. The van der Waals surface area contributed by atoms with Crippen molar-refractivity contribution in [2.24, 2.45) is 0 Å². The van der Waals surface area contributed by atoms with Crippen LogP contribution in [-0.2, 0) is 0 Å². The van der Waals surface area contributed by atoms with Gasteiger partial charge in [-0.15, -0.1) is 0 Å². The molecule has 0 fully saturated rings. The van der Waals surface area contributed by atoms with E-state index in [1.807, 2.05) is 41.9 Å². The predicted molar refractivity (Wildman–Crippen MR) is 93.5 cm³/mol. The molecule has 3 aromatic rings. The number of para-hydroxylation sites is 1.